The molecule has 0 fully saturated rings. The van der Waals surface area contributed by atoms with E-state index in [4.69, 9.17) is 5.73 Å². The van der Waals surface area contributed by atoms with Gasteiger partial charge in [0.05, 0.1) is 0 Å². The van der Waals surface area contributed by atoms with Crippen LogP contribution in [0.3, 0.4) is 0 Å². The summed E-state index contributed by atoms with van der Waals surface area (Å²) in [7, 11) is 1.78. The number of hydrogen-bond acceptors (Lipinski definition) is 5. The van der Waals surface area contributed by atoms with Gasteiger partial charge >= 0.3 is 0 Å². The molecule has 6 nitrogen and oxygen atoms in total. The van der Waals surface area contributed by atoms with E-state index in [1.54, 1.807) is 13.1 Å². The minimum atomic E-state index is -0.335. The maximum Gasteiger partial charge on any atom is 0.219 e. The average molecular weight is 209 g/mol. The fourth-order valence-electron chi connectivity index (χ4n) is 1.18. The SMILES string of the molecule is CNc1cc(NC(C)CC(N)=O)ncn1. The van der Waals surface area contributed by atoms with Crippen LogP contribution in [-0.4, -0.2) is 29.0 Å². The van der Waals surface area contributed by atoms with E-state index in [0.717, 1.165) is 5.82 Å². The molecular formula is C9H15N5O. The summed E-state index contributed by atoms with van der Waals surface area (Å²) in [5.41, 5.74) is 5.08. The lowest BCUT2D eigenvalue weighted by Gasteiger charge is -2.12. The van der Waals surface area contributed by atoms with E-state index < -0.39 is 0 Å². The Hall–Kier alpha value is -1.85. The van der Waals surface area contributed by atoms with Crippen LogP contribution >= 0.6 is 0 Å². The molecule has 0 spiro atoms. The highest BCUT2D eigenvalue weighted by Crippen LogP contribution is 2.09. The van der Waals surface area contributed by atoms with E-state index in [1.807, 2.05) is 6.92 Å². The van der Waals surface area contributed by atoms with Crippen LogP contribution < -0.4 is 16.4 Å². The van der Waals surface area contributed by atoms with Gasteiger partial charge < -0.3 is 16.4 Å². The van der Waals surface area contributed by atoms with Gasteiger partial charge in [0.2, 0.25) is 5.91 Å². The largest absolute Gasteiger partial charge is 0.373 e. The molecule has 1 aromatic rings. The zero-order chi connectivity index (χ0) is 11.3. The van der Waals surface area contributed by atoms with Crippen molar-refractivity contribution in [2.75, 3.05) is 17.7 Å². The topological polar surface area (TPSA) is 92.9 Å². The molecule has 0 aliphatic heterocycles. The summed E-state index contributed by atoms with van der Waals surface area (Å²) in [6.07, 6.45) is 1.73. The lowest BCUT2D eigenvalue weighted by Crippen LogP contribution is -2.24. The summed E-state index contributed by atoms with van der Waals surface area (Å²) in [6, 6.07) is 1.72. The third kappa shape index (κ3) is 3.80. The van der Waals surface area contributed by atoms with Crippen molar-refractivity contribution in [3.05, 3.63) is 12.4 Å². The summed E-state index contributed by atoms with van der Waals surface area (Å²) < 4.78 is 0. The van der Waals surface area contributed by atoms with Gasteiger partial charge in [0.25, 0.3) is 0 Å². The molecule has 1 amide bonds. The molecule has 0 saturated carbocycles. The third-order valence-electron chi connectivity index (χ3n) is 1.82. The van der Waals surface area contributed by atoms with Gasteiger partial charge in [-0.25, -0.2) is 9.97 Å². The van der Waals surface area contributed by atoms with Crippen LogP contribution in [-0.2, 0) is 4.79 Å². The zero-order valence-corrected chi connectivity index (χ0v) is 8.82. The van der Waals surface area contributed by atoms with Crippen molar-refractivity contribution in [2.45, 2.75) is 19.4 Å². The van der Waals surface area contributed by atoms with E-state index in [0.29, 0.717) is 5.82 Å². The summed E-state index contributed by atoms with van der Waals surface area (Å²) in [6.45, 7) is 1.87. The molecule has 15 heavy (non-hydrogen) atoms. The van der Waals surface area contributed by atoms with E-state index in [2.05, 4.69) is 20.6 Å². The number of nitrogens with zero attached hydrogens (tertiary/aromatic N) is 2. The quantitative estimate of drug-likeness (QED) is 0.644. The minimum Gasteiger partial charge on any atom is -0.373 e. The maximum absolute atomic E-state index is 10.7. The minimum absolute atomic E-state index is 0.0397. The second-order valence-corrected chi connectivity index (χ2v) is 3.25. The number of primary amides is 1. The molecule has 1 atom stereocenters. The third-order valence-corrected chi connectivity index (χ3v) is 1.82. The number of hydrogen-bond donors (Lipinski definition) is 3. The molecule has 6 heteroatoms. The molecule has 0 aromatic carbocycles. The van der Waals surface area contributed by atoms with Crippen molar-refractivity contribution in [3.63, 3.8) is 0 Å². The predicted molar refractivity (Wildman–Crippen MR) is 58.5 cm³/mol. The number of anilines is 2. The Morgan fingerprint density at radius 1 is 1.53 bits per heavy atom. The molecule has 0 saturated heterocycles. The maximum atomic E-state index is 10.7. The van der Waals surface area contributed by atoms with E-state index in [9.17, 15) is 4.79 Å². The van der Waals surface area contributed by atoms with E-state index >= 15 is 0 Å². The number of rotatable bonds is 5. The molecule has 0 aliphatic rings. The van der Waals surface area contributed by atoms with Crippen LogP contribution in [0.1, 0.15) is 13.3 Å². The lowest BCUT2D eigenvalue weighted by atomic mass is 10.2. The summed E-state index contributed by atoms with van der Waals surface area (Å²) in [5, 5.41) is 5.95. The van der Waals surface area contributed by atoms with Crippen LogP contribution in [0.25, 0.3) is 0 Å². The highest BCUT2D eigenvalue weighted by atomic mass is 16.1. The lowest BCUT2D eigenvalue weighted by molar-refractivity contribution is -0.118. The molecule has 1 aromatic heterocycles. The molecule has 4 N–H and O–H groups in total. The van der Waals surface area contributed by atoms with Crippen molar-refractivity contribution in [1.82, 2.24) is 9.97 Å². The molecule has 1 unspecified atom stereocenters. The monoisotopic (exact) mass is 209 g/mol. The number of nitrogens with two attached hydrogens (primary N) is 1. The fourth-order valence-corrected chi connectivity index (χ4v) is 1.18. The summed E-state index contributed by atoms with van der Waals surface area (Å²) in [5.74, 6) is 1.06. The van der Waals surface area contributed by atoms with Crippen molar-refractivity contribution in [1.29, 1.82) is 0 Å². The first-order chi connectivity index (χ1) is 7.11. The van der Waals surface area contributed by atoms with Gasteiger partial charge in [-0.1, -0.05) is 0 Å². The number of carbonyl (C=O) groups is 1. The van der Waals surface area contributed by atoms with Crippen LogP contribution in [0.2, 0.25) is 0 Å². The predicted octanol–water partition coefficient (Wildman–Crippen LogP) is 0.194. The van der Waals surface area contributed by atoms with Gasteiger partial charge in [0, 0.05) is 25.6 Å². The Morgan fingerprint density at radius 2 is 2.20 bits per heavy atom. The molecule has 1 heterocycles. The standard InChI is InChI=1S/C9H15N5O/c1-6(3-7(10)15)14-9-4-8(11-2)12-5-13-9/h4-6H,3H2,1-2H3,(H2,10,15)(H2,11,12,13,14). The first-order valence-corrected chi connectivity index (χ1v) is 4.66. The Morgan fingerprint density at radius 3 is 2.80 bits per heavy atom. The summed E-state index contributed by atoms with van der Waals surface area (Å²) in [4.78, 5) is 18.7. The molecule has 0 radical (unpaired) electrons. The normalized spacial score (nSPS) is 11.9. The number of amides is 1. The van der Waals surface area contributed by atoms with Gasteiger partial charge in [0.15, 0.2) is 0 Å². The molecule has 0 aliphatic carbocycles. The van der Waals surface area contributed by atoms with E-state index in [1.165, 1.54) is 6.33 Å². The molecular weight excluding hydrogens is 194 g/mol. The fraction of sp³-hybridized carbons (Fsp3) is 0.444. The van der Waals surface area contributed by atoms with E-state index in [-0.39, 0.29) is 18.4 Å². The smallest absolute Gasteiger partial charge is 0.219 e. The second kappa shape index (κ2) is 5.14. The first kappa shape index (κ1) is 11.2. The van der Waals surface area contributed by atoms with Gasteiger partial charge in [-0.2, -0.15) is 0 Å². The van der Waals surface area contributed by atoms with Crippen LogP contribution in [0.5, 0.6) is 0 Å². The first-order valence-electron chi connectivity index (χ1n) is 4.66. The Balaban J connectivity index is 2.59. The molecule has 1 rings (SSSR count). The summed E-state index contributed by atoms with van der Waals surface area (Å²) >= 11 is 0. The average Bonchev–Trinajstić information content (AvgIpc) is 2.16. The van der Waals surface area contributed by atoms with Crippen molar-refractivity contribution in [3.8, 4) is 0 Å². The zero-order valence-electron chi connectivity index (χ0n) is 8.82. The molecule has 0 bridgehead atoms. The van der Waals surface area contributed by atoms with Crippen LogP contribution in [0, 0.1) is 0 Å². The van der Waals surface area contributed by atoms with Crippen molar-refractivity contribution < 1.29 is 4.79 Å². The molecule has 82 valence electrons. The Labute approximate surface area is 88.3 Å². The second-order valence-electron chi connectivity index (χ2n) is 3.25. The Kier molecular flexibility index (Phi) is 3.84. The van der Waals surface area contributed by atoms with Gasteiger partial charge in [-0.15, -0.1) is 0 Å². The number of nitrogens with one attached hydrogen (secondary N) is 2. The van der Waals surface area contributed by atoms with Gasteiger partial charge in [0.1, 0.15) is 18.0 Å². The van der Waals surface area contributed by atoms with Crippen molar-refractivity contribution >= 4 is 17.5 Å². The highest BCUT2D eigenvalue weighted by Gasteiger charge is 2.06. The van der Waals surface area contributed by atoms with Crippen LogP contribution in [0.4, 0.5) is 11.6 Å². The number of aromatic nitrogens is 2. The van der Waals surface area contributed by atoms with Crippen LogP contribution in [0.15, 0.2) is 12.4 Å². The van der Waals surface area contributed by atoms with Crippen molar-refractivity contribution in [2.24, 2.45) is 5.73 Å². The highest BCUT2D eigenvalue weighted by molar-refractivity contribution is 5.74. The van der Waals surface area contributed by atoms with Gasteiger partial charge in [-0.3, -0.25) is 4.79 Å². The Bertz CT molecular complexity index is 341. The van der Waals surface area contributed by atoms with Gasteiger partial charge in [-0.05, 0) is 6.92 Å². The number of carbonyl (C=O) groups excluding carboxylic acids is 1.